The van der Waals surface area contributed by atoms with Crippen molar-refractivity contribution in [2.24, 2.45) is 4.99 Å². The number of aliphatic imine (C=N–C) groups is 1. The molecule has 2 N–H and O–H groups in total. The van der Waals surface area contributed by atoms with Gasteiger partial charge in [-0.3, -0.25) is 19.4 Å². The number of aliphatic hydroxyl groups excluding tert-OH is 1. The van der Waals surface area contributed by atoms with Gasteiger partial charge in [0.1, 0.15) is 0 Å². The molecule has 0 atom stereocenters. The fraction of sp³-hybridized carbons (Fsp3) is 0.467. The van der Waals surface area contributed by atoms with Crippen molar-refractivity contribution in [1.29, 1.82) is 0 Å². The van der Waals surface area contributed by atoms with Gasteiger partial charge in [-0.2, -0.15) is 0 Å². The van der Waals surface area contributed by atoms with E-state index in [1.165, 1.54) is 9.80 Å². The average molecular weight is 607 g/mol. The molecule has 1 aromatic carbocycles. The Labute approximate surface area is 253 Å². The minimum Gasteiger partial charge on any atom is -0.503 e. The summed E-state index contributed by atoms with van der Waals surface area (Å²) in [5.74, 6) is -1.44. The number of nitrogens with zero attached hydrogens (tertiary/aromatic N) is 4. The Morgan fingerprint density at radius 3 is 2.54 bits per heavy atom. The molecule has 0 radical (unpaired) electrons. The fourth-order valence-electron chi connectivity index (χ4n) is 4.33. The zero-order valence-electron chi connectivity index (χ0n) is 24.3. The normalized spacial score (nSPS) is 14.4. The first-order valence-corrected chi connectivity index (χ1v) is 14.7. The number of amides is 3. The van der Waals surface area contributed by atoms with E-state index in [-0.39, 0.29) is 24.6 Å². The van der Waals surface area contributed by atoms with E-state index in [2.05, 4.69) is 10.3 Å². The van der Waals surface area contributed by atoms with Crippen LogP contribution < -0.4 is 5.32 Å². The molecule has 0 unspecified atom stereocenters. The van der Waals surface area contributed by atoms with E-state index < -0.39 is 17.6 Å². The molecule has 2 heterocycles. The Balaban J connectivity index is 0.00000287. The second-order valence-corrected chi connectivity index (χ2v) is 10.2. The van der Waals surface area contributed by atoms with Crippen LogP contribution in [0.25, 0.3) is 0 Å². The lowest BCUT2D eigenvalue weighted by Crippen LogP contribution is -2.35. The van der Waals surface area contributed by atoms with Crippen LogP contribution in [0.4, 0.5) is 0 Å². The van der Waals surface area contributed by atoms with Gasteiger partial charge in [-0.05, 0) is 56.6 Å². The van der Waals surface area contributed by atoms with Crippen LogP contribution in [0, 0.1) is 0 Å². The van der Waals surface area contributed by atoms with E-state index in [9.17, 15) is 19.5 Å². The van der Waals surface area contributed by atoms with Crippen molar-refractivity contribution in [3.63, 3.8) is 0 Å². The van der Waals surface area contributed by atoms with Crippen molar-refractivity contribution in [3.8, 4) is 0 Å². The Kier molecular flexibility index (Phi) is 14.6. The lowest BCUT2D eigenvalue weighted by Gasteiger charge is -2.22. The van der Waals surface area contributed by atoms with E-state index >= 15 is 0 Å². The lowest BCUT2D eigenvalue weighted by atomic mass is 10.2. The topological polar surface area (TPSA) is 106 Å². The first kappa shape index (κ1) is 34.1. The van der Waals surface area contributed by atoms with Gasteiger partial charge in [-0.15, -0.1) is 0 Å². The fourth-order valence-corrected chi connectivity index (χ4v) is 4.65. The molecule has 3 rings (SSSR count). The van der Waals surface area contributed by atoms with Crippen molar-refractivity contribution < 1.29 is 19.5 Å². The predicted molar refractivity (Wildman–Crippen MR) is 165 cm³/mol. The number of hydrogen-bond donors (Lipinski definition) is 2. The van der Waals surface area contributed by atoms with Gasteiger partial charge < -0.3 is 25.1 Å². The summed E-state index contributed by atoms with van der Waals surface area (Å²) in [6.07, 6.45) is 8.60. The molecular formula is C30H41Cl2N5O4. The highest BCUT2D eigenvalue weighted by molar-refractivity contribution is 6.42. The Morgan fingerprint density at radius 2 is 1.83 bits per heavy atom. The van der Waals surface area contributed by atoms with Gasteiger partial charge in [0.15, 0.2) is 5.76 Å². The molecule has 41 heavy (non-hydrogen) atoms. The molecule has 3 amide bonds. The maximum absolute atomic E-state index is 12.9. The SMILES string of the molecule is CC.CCN(CCCNCCCN1CC(C(=O)N(C)Cc2ccc(Cl)c(Cl)c2)=C(O)C1=O)C(=O)C1=CC=CC=NC1. The number of allylic oxidation sites excluding steroid dienone is 3. The largest absolute Gasteiger partial charge is 0.503 e. The van der Waals surface area contributed by atoms with Gasteiger partial charge in [0.05, 0.1) is 28.7 Å². The van der Waals surface area contributed by atoms with Crippen LogP contribution in [0.5, 0.6) is 0 Å². The summed E-state index contributed by atoms with van der Waals surface area (Å²) in [5.41, 5.74) is 1.55. The summed E-state index contributed by atoms with van der Waals surface area (Å²) >= 11 is 12.0. The maximum Gasteiger partial charge on any atom is 0.289 e. The summed E-state index contributed by atoms with van der Waals surface area (Å²) in [6, 6.07) is 5.11. The van der Waals surface area contributed by atoms with Crippen molar-refractivity contribution in [2.75, 3.05) is 52.9 Å². The lowest BCUT2D eigenvalue weighted by molar-refractivity contribution is -0.128. The molecule has 224 valence electrons. The number of carbonyl (C=O) groups excluding carboxylic acids is 3. The second kappa shape index (κ2) is 17.6. The van der Waals surface area contributed by atoms with Gasteiger partial charge in [0, 0.05) is 45.0 Å². The second-order valence-electron chi connectivity index (χ2n) is 9.37. The highest BCUT2D eigenvalue weighted by Gasteiger charge is 2.34. The van der Waals surface area contributed by atoms with Crippen LogP contribution in [0.2, 0.25) is 10.0 Å². The highest BCUT2D eigenvalue weighted by Crippen LogP contribution is 2.24. The number of carbonyl (C=O) groups is 3. The van der Waals surface area contributed by atoms with Crippen LogP contribution in [-0.4, -0.2) is 96.6 Å². The smallest absolute Gasteiger partial charge is 0.289 e. The summed E-state index contributed by atoms with van der Waals surface area (Å²) in [4.78, 5) is 47.1. The molecule has 0 bridgehead atoms. The molecule has 0 fully saturated rings. The number of rotatable bonds is 13. The molecule has 11 heteroatoms. The molecule has 2 aliphatic heterocycles. The standard InChI is InChI=1S/C28H35Cl2N5O4.C2H6/c1-3-34(26(37)21-8-4-5-11-32-17-21)14-6-12-31-13-7-15-35-19-22(25(36)28(35)39)27(38)33(2)18-20-9-10-23(29)24(30)16-20;1-2/h4-5,8-11,16,31,36H,3,6-7,12-15,17-19H2,1-2H3;1-2H3. The summed E-state index contributed by atoms with van der Waals surface area (Å²) in [6.45, 7) is 9.73. The van der Waals surface area contributed by atoms with E-state index in [1.807, 2.05) is 43.9 Å². The van der Waals surface area contributed by atoms with Gasteiger partial charge in [0.2, 0.25) is 0 Å². The van der Waals surface area contributed by atoms with E-state index in [1.54, 1.807) is 31.5 Å². The Hall–Kier alpha value is -3.14. The van der Waals surface area contributed by atoms with Crippen molar-refractivity contribution in [2.45, 2.75) is 40.2 Å². The van der Waals surface area contributed by atoms with Crippen LogP contribution in [0.3, 0.4) is 0 Å². The summed E-state index contributed by atoms with van der Waals surface area (Å²) in [5, 5.41) is 14.5. The quantitative estimate of drug-likeness (QED) is 0.324. The summed E-state index contributed by atoms with van der Waals surface area (Å²) < 4.78 is 0. The molecule has 9 nitrogen and oxygen atoms in total. The van der Waals surface area contributed by atoms with Gasteiger partial charge in [-0.25, -0.2) is 0 Å². The molecule has 0 aliphatic carbocycles. The van der Waals surface area contributed by atoms with Crippen molar-refractivity contribution in [1.82, 2.24) is 20.0 Å². The molecular weight excluding hydrogens is 565 g/mol. The first-order valence-electron chi connectivity index (χ1n) is 14.0. The Bertz CT molecular complexity index is 1200. The number of benzene rings is 1. The molecule has 0 spiro atoms. The number of hydrogen-bond acceptors (Lipinski definition) is 6. The van der Waals surface area contributed by atoms with Gasteiger partial charge >= 0.3 is 0 Å². The minimum atomic E-state index is -0.537. The molecule has 2 aliphatic rings. The van der Waals surface area contributed by atoms with Crippen molar-refractivity contribution >= 4 is 47.1 Å². The summed E-state index contributed by atoms with van der Waals surface area (Å²) in [7, 11) is 1.61. The third kappa shape index (κ3) is 10.0. The van der Waals surface area contributed by atoms with Crippen LogP contribution in [-0.2, 0) is 20.9 Å². The van der Waals surface area contributed by atoms with Crippen molar-refractivity contribution in [3.05, 3.63) is 68.9 Å². The Morgan fingerprint density at radius 1 is 1.10 bits per heavy atom. The van der Waals surface area contributed by atoms with Gasteiger partial charge in [-0.1, -0.05) is 55.3 Å². The monoisotopic (exact) mass is 605 g/mol. The highest BCUT2D eigenvalue weighted by atomic mass is 35.5. The van der Waals surface area contributed by atoms with E-state index in [0.29, 0.717) is 54.8 Å². The number of halogens is 2. The third-order valence-electron chi connectivity index (χ3n) is 6.50. The number of nitrogens with one attached hydrogen (secondary N) is 1. The maximum atomic E-state index is 12.9. The number of aliphatic hydroxyl groups is 1. The van der Waals surface area contributed by atoms with Crippen LogP contribution >= 0.6 is 23.2 Å². The first-order chi connectivity index (χ1) is 19.7. The molecule has 0 saturated heterocycles. The van der Waals surface area contributed by atoms with E-state index in [4.69, 9.17) is 23.2 Å². The zero-order valence-corrected chi connectivity index (χ0v) is 25.8. The number of likely N-dealkylation sites (N-methyl/N-ethyl adjacent to an activating group) is 2. The molecule has 0 aromatic heterocycles. The minimum absolute atomic E-state index is 0.00835. The predicted octanol–water partition coefficient (Wildman–Crippen LogP) is 4.42. The molecule has 1 aromatic rings. The zero-order chi connectivity index (χ0) is 30.4. The third-order valence-corrected chi connectivity index (χ3v) is 7.24. The van der Waals surface area contributed by atoms with Crippen LogP contribution in [0.1, 0.15) is 39.2 Å². The average Bonchev–Trinajstić information content (AvgIpc) is 3.14. The van der Waals surface area contributed by atoms with E-state index in [0.717, 1.165) is 18.5 Å². The van der Waals surface area contributed by atoms with Crippen LogP contribution in [0.15, 0.2) is 58.3 Å². The molecule has 0 saturated carbocycles. The van der Waals surface area contributed by atoms with Gasteiger partial charge in [0.25, 0.3) is 17.7 Å².